The van der Waals surface area contributed by atoms with Crippen LogP contribution in [-0.4, -0.2) is 37.4 Å². The summed E-state index contributed by atoms with van der Waals surface area (Å²) in [5.74, 6) is -0.0747. The van der Waals surface area contributed by atoms with E-state index < -0.39 is 12.9 Å². The molecular formula is C11H12BFN4O2S. The molecule has 1 aromatic heterocycles. The van der Waals surface area contributed by atoms with Gasteiger partial charge in [0.15, 0.2) is 0 Å². The molecule has 0 bridgehead atoms. The second-order valence-electron chi connectivity index (χ2n) is 4.65. The Morgan fingerprint density at radius 2 is 2.20 bits per heavy atom. The van der Waals surface area contributed by atoms with E-state index in [-0.39, 0.29) is 5.46 Å². The molecule has 1 fully saturated rings. The fraction of sp³-hybridized carbons (Fsp3) is 0.364. The van der Waals surface area contributed by atoms with Gasteiger partial charge in [-0.1, -0.05) is 23.9 Å². The quantitative estimate of drug-likeness (QED) is 0.602. The number of nitrogens with zero attached hydrogens (tertiary/aromatic N) is 4. The smallest absolute Gasteiger partial charge is 0.423 e. The van der Waals surface area contributed by atoms with Crippen LogP contribution in [0.4, 0.5) is 4.39 Å². The standard InChI is InChI=1S/C11H12BFN4O2S/c13-10-5-8(12(18)19)2-1-7(10)6-20-11-14-15-16-17(11)9-3-4-9/h1-2,5,9,18-19H,3-4,6H2. The maximum atomic E-state index is 13.8. The van der Waals surface area contributed by atoms with Crippen molar-refractivity contribution in [2.45, 2.75) is 29.8 Å². The van der Waals surface area contributed by atoms with Crippen molar-refractivity contribution >= 4 is 24.3 Å². The number of thioether (sulfide) groups is 1. The Kier molecular flexibility index (Phi) is 3.73. The van der Waals surface area contributed by atoms with Crippen LogP contribution in [0.25, 0.3) is 0 Å². The van der Waals surface area contributed by atoms with Crippen molar-refractivity contribution in [1.29, 1.82) is 0 Å². The number of rotatable bonds is 5. The van der Waals surface area contributed by atoms with Gasteiger partial charge < -0.3 is 10.0 Å². The molecule has 20 heavy (non-hydrogen) atoms. The highest BCUT2D eigenvalue weighted by molar-refractivity contribution is 7.98. The largest absolute Gasteiger partial charge is 0.488 e. The van der Waals surface area contributed by atoms with Crippen molar-refractivity contribution in [1.82, 2.24) is 20.2 Å². The first-order chi connectivity index (χ1) is 9.65. The summed E-state index contributed by atoms with van der Waals surface area (Å²) in [6, 6.07) is 4.55. The van der Waals surface area contributed by atoms with E-state index in [0.29, 0.717) is 22.5 Å². The van der Waals surface area contributed by atoms with Crippen molar-refractivity contribution < 1.29 is 14.4 Å². The molecule has 6 nitrogen and oxygen atoms in total. The van der Waals surface area contributed by atoms with Gasteiger partial charge in [0, 0.05) is 5.75 Å². The van der Waals surface area contributed by atoms with Crippen molar-refractivity contribution in [2.75, 3.05) is 0 Å². The van der Waals surface area contributed by atoms with Crippen molar-refractivity contribution in [2.24, 2.45) is 0 Å². The lowest BCUT2D eigenvalue weighted by Gasteiger charge is -2.06. The molecule has 0 aliphatic heterocycles. The molecule has 0 radical (unpaired) electrons. The van der Waals surface area contributed by atoms with Crippen molar-refractivity contribution in [3.63, 3.8) is 0 Å². The van der Waals surface area contributed by atoms with Gasteiger partial charge in [0.1, 0.15) is 5.82 Å². The molecule has 1 aliphatic rings. The van der Waals surface area contributed by atoms with Gasteiger partial charge in [-0.3, -0.25) is 0 Å². The minimum absolute atomic E-state index is 0.138. The maximum absolute atomic E-state index is 13.8. The molecule has 104 valence electrons. The number of benzene rings is 1. The summed E-state index contributed by atoms with van der Waals surface area (Å²) < 4.78 is 15.6. The average Bonchev–Trinajstić information content (AvgIpc) is 3.16. The Bertz CT molecular complexity index is 620. The Balaban J connectivity index is 1.70. The van der Waals surface area contributed by atoms with E-state index >= 15 is 0 Å². The zero-order chi connectivity index (χ0) is 14.1. The normalized spacial score (nSPS) is 14.6. The Hall–Kier alpha value is -1.45. The summed E-state index contributed by atoms with van der Waals surface area (Å²) in [7, 11) is -1.66. The monoisotopic (exact) mass is 294 g/mol. The van der Waals surface area contributed by atoms with Gasteiger partial charge in [-0.25, -0.2) is 9.07 Å². The summed E-state index contributed by atoms with van der Waals surface area (Å²) in [4.78, 5) is 0. The highest BCUT2D eigenvalue weighted by Gasteiger charge is 2.28. The van der Waals surface area contributed by atoms with Gasteiger partial charge in [-0.05, 0) is 40.4 Å². The lowest BCUT2D eigenvalue weighted by Crippen LogP contribution is -2.30. The summed E-state index contributed by atoms with van der Waals surface area (Å²) in [6.45, 7) is 0. The lowest BCUT2D eigenvalue weighted by atomic mass is 9.80. The first-order valence-electron chi connectivity index (χ1n) is 6.20. The number of halogens is 1. The van der Waals surface area contributed by atoms with E-state index in [4.69, 9.17) is 10.0 Å². The Morgan fingerprint density at radius 3 is 2.85 bits per heavy atom. The molecule has 1 aromatic carbocycles. The van der Waals surface area contributed by atoms with Crippen LogP contribution in [0, 0.1) is 5.82 Å². The molecule has 0 spiro atoms. The molecule has 2 N–H and O–H groups in total. The third-order valence-corrected chi connectivity index (χ3v) is 4.07. The molecule has 3 rings (SSSR count). The van der Waals surface area contributed by atoms with Gasteiger partial charge in [0.2, 0.25) is 5.16 Å². The highest BCUT2D eigenvalue weighted by Crippen LogP contribution is 2.36. The van der Waals surface area contributed by atoms with Crippen LogP contribution in [0.1, 0.15) is 24.4 Å². The molecule has 1 heterocycles. The van der Waals surface area contributed by atoms with Gasteiger partial charge in [-0.2, -0.15) is 0 Å². The maximum Gasteiger partial charge on any atom is 0.488 e. The summed E-state index contributed by atoms with van der Waals surface area (Å²) >= 11 is 1.37. The predicted molar refractivity (Wildman–Crippen MR) is 71.9 cm³/mol. The zero-order valence-corrected chi connectivity index (χ0v) is 11.3. The molecule has 0 atom stereocenters. The molecule has 9 heteroatoms. The summed E-state index contributed by atoms with van der Waals surface area (Å²) in [6.07, 6.45) is 2.16. The third kappa shape index (κ3) is 2.84. The second kappa shape index (κ2) is 5.51. The lowest BCUT2D eigenvalue weighted by molar-refractivity contribution is 0.425. The van der Waals surface area contributed by atoms with Gasteiger partial charge in [0.05, 0.1) is 6.04 Å². The van der Waals surface area contributed by atoms with Crippen molar-refractivity contribution in [3.8, 4) is 0 Å². The fourth-order valence-corrected chi connectivity index (χ4v) is 2.74. The highest BCUT2D eigenvalue weighted by atomic mass is 32.2. The average molecular weight is 294 g/mol. The molecule has 1 aliphatic carbocycles. The first-order valence-corrected chi connectivity index (χ1v) is 7.19. The molecule has 1 saturated carbocycles. The number of hydrogen-bond donors (Lipinski definition) is 2. The van der Waals surface area contributed by atoms with Gasteiger partial charge >= 0.3 is 7.12 Å². The topological polar surface area (TPSA) is 84.1 Å². The molecule has 0 saturated heterocycles. The van der Waals surface area contributed by atoms with E-state index in [1.807, 2.05) is 0 Å². The van der Waals surface area contributed by atoms with E-state index in [1.54, 1.807) is 10.7 Å². The minimum atomic E-state index is -1.66. The fourth-order valence-electron chi connectivity index (χ4n) is 1.81. The second-order valence-corrected chi connectivity index (χ2v) is 5.59. The number of aromatic nitrogens is 4. The molecule has 0 amide bonds. The summed E-state index contributed by atoms with van der Waals surface area (Å²) in [5.41, 5.74) is 0.615. The zero-order valence-electron chi connectivity index (χ0n) is 10.5. The van der Waals surface area contributed by atoms with Crippen LogP contribution >= 0.6 is 11.8 Å². The van der Waals surface area contributed by atoms with E-state index in [9.17, 15) is 4.39 Å². The van der Waals surface area contributed by atoms with Crippen LogP contribution in [0.2, 0.25) is 0 Å². The SMILES string of the molecule is OB(O)c1ccc(CSc2nnnn2C2CC2)c(F)c1. The van der Waals surface area contributed by atoms with Crippen LogP contribution in [0.3, 0.4) is 0 Å². The van der Waals surface area contributed by atoms with Crippen LogP contribution in [0.15, 0.2) is 23.4 Å². The predicted octanol–water partition coefficient (Wildman–Crippen LogP) is 0.119. The molecular weight excluding hydrogens is 282 g/mol. The third-order valence-electron chi connectivity index (χ3n) is 3.09. The van der Waals surface area contributed by atoms with Crippen LogP contribution < -0.4 is 5.46 Å². The van der Waals surface area contributed by atoms with E-state index in [0.717, 1.165) is 18.9 Å². The van der Waals surface area contributed by atoms with Crippen LogP contribution in [-0.2, 0) is 5.75 Å². The Labute approximate surface area is 119 Å². The van der Waals surface area contributed by atoms with E-state index in [1.165, 1.54) is 17.8 Å². The summed E-state index contributed by atoms with van der Waals surface area (Å²) in [5, 5.41) is 30.1. The van der Waals surface area contributed by atoms with Gasteiger partial charge in [-0.15, -0.1) is 5.10 Å². The molecule has 0 unspecified atom stereocenters. The molecule has 2 aromatic rings. The van der Waals surface area contributed by atoms with Gasteiger partial charge in [0.25, 0.3) is 0 Å². The number of tetrazole rings is 1. The number of hydrogen-bond acceptors (Lipinski definition) is 6. The minimum Gasteiger partial charge on any atom is -0.423 e. The van der Waals surface area contributed by atoms with Crippen LogP contribution in [0.5, 0.6) is 0 Å². The first kappa shape index (κ1) is 13.5. The Morgan fingerprint density at radius 1 is 1.40 bits per heavy atom. The van der Waals surface area contributed by atoms with Crippen molar-refractivity contribution in [3.05, 3.63) is 29.6 Å². The van der Waals surface area contributed by atoms with E-state index in [2.05, 4.69) is 15.5 Å².